The van der Waals surface area contributed by atoms with Gasteiger partial charge in [0.2, 0.25) is 5.91 Å². The minimum absolute atomic E-state index is 0.0459. The third-order valence-electron chi connectivity index (χ3n) is 4.24. The fraction of sp³-hybridized carbons (Fsp3) is 0.562. The Morgan fingerprint density at radius 1 is 1.30 bits per heavy atom. The van der Waals surface area contributed by atoms with Gasteiger partial charge in [-0.1, -0.05) is 24.6 Å². The van der Waals surface area contributed by atoms with Crippen molar-refractivity contribution in [1.82, 2.24) is 5.32 Å². The van der Waals surface area contributed by atoms with Crippen LogP contribution in [0.3, 0.4) is 0 Å². The molecule has 0 saturated heterocycles. The molecule has 2 N–H and O–H groups in total. The van der Waals surface area contributed by atoms with Crippen LogP contribution < -0.4 is 5.32 Å². The summed E-state index contributed by atoms with van der Waals surface area (Å²) in [5.41, 5.74) is 0.0459. The zero-order valence-electron chi connectivity index (χ0n) is 12.4. The Hall–Kier alpha value is -1.63. The topological polar surface area (TPSA) is 49.3 Å². The highest BCUT2D eigenvalue weighted by molar-refractivity contribution is 5.78. The number of nitrogens with one attached hydrogen (secondary N) is 1. The lowest BCUT2D eigenvalue weighted by Gasteiger charge is -2.30. The number of hydrogen-bond acceptors (Lipinski definition) is 2. The Balaban J connectivity index is 1.88. The fourth-order valence-electron chi connectivity index (χ4n) is 2.92. The predicted molar refractivity (Wildman–Crippen MR) is 75.9 cm³/mol. The average molecular weight is 333 g/mol. The number of aliphatic hydroxyl groups is 1. The van der Waals surface area contributed by atoms with E-state index >= 15 is 0 Å². The second-order valence-electron chi connectivity index (χ2n) is 5.88. The standard InChI is InChI=1S/C16H19F4NO2/c17-13-7-2-1-6-12(13)14(22)9-21-15(23)10-4-3-5-11(8-10)16(18,19)20/h1-2,6-7,10-11,14,22H,3-5,8-9H2,(H,21,23). The largest absolute Gasteiger partial charge is 0.391 e. The first-order valence-corrected chi connectivity index (χ1v) is 7.56. The van der Waals surface area contributed by atoms with Crippen LogP contribution in [0, 0.1) is 17.7 Å². The van der Waals surface area contributed by atoms with Gasteiger partial charge in [0.05, 0.1) is 12.0 Å². The van der Waals surface area contributed by atoms with Crippen molar-refractivity contribution in [3.05, 3.63) is 35.6 Å². The van der Waals surface area contributed by atoms with Gasteiger partial charge in [-0.2, -0.15) is 13.2 Å². The summed E-state index contributed by atoms with van der Waals surface area (Å²) in [6, 6.07) is 5.61. The van der Waals surface area contributed by atoms with Crippen molar-refractivity contribution in [3.63, 3.8) is 0 Å². The summed E-state index contributed by atoms with van der Waals surface area (Å²) >= 11 is 0. The van der Waals surface area contributed by atoms with Crippen LogP contribution in [-0.2, 0) is 4.79 Å². The smallest absolute Gasteiger partial charge is 0.386 e. The number of carbonyl (C=O) groups excluding carboxylic acids is 1. The summed E-state index contributed by atoms with van der Waals surface area (Å²) in [6.45, 7) is -0.229. The Morgan fingerprint density at radius 2 is 2.00 bits per heavy atom. The van der Waals surface area contributed by atoms with Crippen molar-refractivity contribution in [2.75, 3.05) is 6.54 Å². The van der Waals surface area contributed by atoms with Gasteiger partial charge in [-0.3, -0.25) is 4.79 Å². The van der Waals surface area contributed by atoms with E-state index in [1.165, 1.54) is 18.2 Å². The molecule has 3 atom stereocenters. The van der Waals surface area contributed by atoms with E-state index in [0.29, 0.717) is 12.8 Å². The molecule has 0 bridgehead atoms. The van der Waals surface area contributed by atoms with Crippen molar-refractivity contribution >= 4 is 5.91 Å². The molecule has 1 aliphatic rings. The van der Waals surface area contributed by atoms with E-state index in [2.05, 4.69) is 5.32 Å². The van der Waals surface area contributed by atoms with Crippen LogP contribution in [0.15, 0.2) is 24.3 Å². The lowest BCUT2D eigenvalue weighted by Crippen LogP contribution is -2.38. The molecule has 1 saturated carbocycles. The van der Waals surface area contributed by atoms with Gasteiger partial charge in [0, 0.05) is 18.0 Å². The van der Waals surface area contributed by atoms with Crippen LogP contribution in [-0.4, -0.2) is 23.7 Å². The van der Waals surface area contributed by atoms with E-state index in [1.54, 1.807) is 6.07 Å². The number of alkyl halides is 3. The third kappa shape index (κ3) is 4.67. The molecule has 0 radical (unpaired) electrons. The molecule has 1 amide bonds. The van der Waals surface area contributed by atoms with Crippen LogP contribution in [0.25, 0.3) is 0 Å². The summed E-state index contributed by atoms with van der Waals surface area (Å²) in [7, 11) is 0. The zero-order valence-corrected chi connectivity index (χ0v) is 12.4. The summed E-state index contributed by atoms with van der Waals surface area (Å²) in [6.07, 6.45) is -4.96. The van der Waals surface area contributed by atoms with Crippen molar-refractivity contribution in [1.29, 1.82) is 0 Å². The number of aliphatic hydroxyl groups excluding tert-OH is 1. The summed E-state index contributed by atoms with van der Waals surface area (Å²) in [4.78, 5) is 12.0. The van der Waals surface area contributed by atoms with Crippen molar-refractivity contribution in [2.45, 2.75) is 38.0 Å². The first-order chi connectivity index (χ1) is 10.8. The Bertz CT molecular complexity index is 547. The summed E-state index contributed by atoms with van der Waals surface area (Å²) in [5, 5.41) is 12.3. The zero-order chi connectivity index (χ0) is 17.0. The van der Waals surface area contributed by atoms with Gasteiger partial charge in [-0.05, 0) is 25.3 Å². The second-order valence-corrected chi connectivity index (χ2v) is 5.88. The predicted octanol–water partition coefficient (Wildman–Crippen LogP) is 3.34. The van der Waals surface area contributed by atoms with Gasteiger partial charge in [0.15, 0.2) is 0 Å². The van der Waals surface area contributed by atoms with Crippen molar-refractivity contribution < 1.29 is 27.5 Å². The average Bonchev–Trinajstić information content (AvgIpc) is 2.52. The Labute approximate surface area is 131 Å². The first kappa shape index (κ1) is 17.7. The molecule has 23 heavy (non-hydrogen) atoms. The lowest BCUT2D eigenvalue weighted by atomic mass is 9.80. The fourth-order valence-corrected chi connectivity index (χ4v) is 2.92. The van der Waals surface area contributed by atoms with Gasteiger partial charge >= 0.3 is 6.18 Å². The van der Waals surface area contributed by atoms with Crippen molar-refractivity contribution in [2.24, 2.45) is 11.8 Å². The highest BCUT2D eigenvalue weighted by atomic mass is 19.4. The van der Waals surface area contributed by atoms with E-state index in [4.69, 9.17) is 0 Å². The molecule has 0 aromatic heterocycles. The normalized spacial score (nSPS) is 23.3. The third-order valence-corrected chi connectivity index (χ3v) is 4.24. The van der Waals surface area contributed by atoms with Gasteiger partial charge in [0.25, 0.3) is 0 Å². The minimum Gasteiger partial charge on any atom is -0.386 e. The van der Waals surface area contributed by atoms with Crippen molar-refractivity contribution in [3.8, 4) is 0 Å². The number of halogens is 4. The molecular weight excluding hydrogens is 314 g/mol. The van der Waals surface area contributed by atoms with Gasteiger partial charge < -0.3 is 10.4 Å². The quantitative estimate of drug-likeness (QED) is 0.830. The molecule has 128 valence electrons. The lowest BCUT2D eigenvalue weighted by molar-refractivity contribution is -0.186. The molecule has 0 heterocycles. The molecule has 2 rings (SSSR count). The molecule has 1 aromatic carbocycles. The Morgan fingerprint density at radius 3 is 2.65 bits per heavy atom. The van der Waals surface area contributed by atoms with Crippen LogP contribution in [0.5, 0.6) is 0 Å². The Kier molecular flexibility index (Phi) is 5.62. The van der Waals surface area contributed by atoms with Crippen LogP contribution in [0.2, 0.25) is 0 Å². The van der Waals surface area contributed by atoms with Gasteiger partial charge in [-0.25, -0.2) is 4.39 Å². The highest BCUT2D eigenvalue weighted by Crippen LogP contribution is 2.39. The SMILES string of the molecule is O=C(NCC(O)c1ccccc1F)C1CCCC(C(F)(F)F)C1. The molecular formula is C16H19F4NO2. The van der Waals surface area contributed by atoms with Gasteiger partial charge in [0.1, 0.15) is 5.82 Å². The molecule has 3 unspecified atom stereocenters. The summed E-state index contributed by atoms with van der Waals surface area (Å²) in [5.74, 6) is -3.29. The number of amides is 1. The van der Waals surface area contributed by atoms with Gasteiger partial charge in [-0.15, -0.1) is 0 Å². The molecule has 1 fully saturated rings. The monoisotopic (exact) mass is 333 g/mol. The van der Waals surface area contributed by atoms with Crippen LogP contribution >= 0.6 is 0 Å². The molecule has 7 heteroatoms. The maximum atomic E-state index is 13.5. The number of rotatable bonds is 4. The second kappa shape index (κ2) is 7.29. The first-order valence-electron chi connectivity index (χ1n) is 7.56. The molecule has 0 spiro atoms. The molecule has 1 aromatic rings. The van der Waals surface area contributed by atoms with E-state index < -0.39 is 35.8 Å². The molecule has 1 aliphatic carbocycles. The maximum absolute atomic E-state index is 13.5. The van der Waals surface area contributed by atoms with Crippen LogP contribution in [0.4, 0.5) is 17.6 Å². The molecule has 3 nitrogen and oxygen atoms in total. The number of benzene rings is 1. The van der Waals surface area contributed by atoms with E-state index in [0.717, 1.165) is 0 Å². The number of carbonyl (C=O) groups is 1. The molecule has 0 aliphatic heterocycles. The van der Waals surface area contributed by atoms with Crippen LogP contribution in [0.1, 0.15) is 37.4 Å². The minimum atomic E-state index is -4.29. The summed E-state index contributed by atoms with van der Waals surface area (Å²) < 4.78 is 51.7. The highest BCUT2D eigenvalue weighted by Gasteiger charge is 2.43. The van der Waals surface area contributed by atoms with E-state index in [9.17, 15) is 27.5 Å². The number of hydrogen-bond donors (Lipinski definition) is 2. The van der Waals surface area contributed by atoms with E-state index in [1.807, 2.05) is 0 Å². The van der Waals surface area contributed by atoms with E-state index in [-0.39, 0.29) is 24.9 Å². The maximum Gasteiger partial charge on any atom is 0.391 e.